The number of hydrogen-bond acceptors (Lipinski definition) is 4. The minimum absolute atomic E-state index is 0.0475. The molecule has 0 aliphatic heterocycles. The predicted octanol–water partition coefficient (Wildman–Crippen LogP) is 2.62. The quantitative estimate of drug-likeness (QED) is 0.790. The molecule has 1 amide bonds. The van der Waals surface area contributed by atoms with Crippen LogP contribution in [0.2, 0.25) is 0 Å². The topological polar surface area (TPSA) is 74.2 Å². The van der Waals surface area contributed by atoms with Crippen molar-refractivity contribution in [1.82, 2.24) is 15.6 Å². The van der Waals surface area contributed by atoms with Gasteiger partial charge in [0, 0.05) is 36.6 Å². The van der Waals surface area contributed by atoms with Gasteiger partial charge < -0.3 is 15.7 Å². The molecule has 5 nitrogen and oxygen atoms in total. The van der Waals surface area contributed by atoms with Crippen LogP contribution in [0.25, 0.3) is 0 Å². The molecule has 1 aliphatic rings. The van der Waals surface area contributed by atoms with Gasteiger partial charge in [-0.15, -0.1) is 0 Å². The smallest absolute Gasteiger partial charge is 0.253 e. The summed E-state index contributed by atoms with van der Waals surface area (Å²) in [5.74, 6) is 0.288. The van der Waals surface area contributed by atoms with E-state index < -0.39 is 0 Å². The van der Waals surface area contributed by atoms with E-state index in [2.05, 4.69) is 15.6 Å². The van der Waals surface area contributed by atoms with Gasteiger partial charge in [0.25, 0.3) is 5.91 Å². The van der Waals surface area contributed by atoms with E-state index in [1.54, 1.807) is 30.6 Å². The minimum atomic E-state index is -0.0475. The molecule has 0 saturated heterocycles. The number of carbonyl (C=O) groups excluding carboxylic acids is 1. The van der Waals surface area contributed by atoms with Crippen molar-refractivity contribution in [3.05, 3.63) is 59.9 Å². The Balaban J connectivity index is 1.43. The molecule has 3 rings (SSSR count). The van der Waals surface area contributed by atoms with Crippen molar-refractivity contribution in [1.29, 1.82) is 0 Å². The average Bonchev–Trinajstić information content (AvgIpc) is 2.63. The number of para-hydroxylation sites is 1. The Labute approximate surface area is 142 Å². The SMILES string of the molecule is O=C(NC1CCC(NCc2ccccc2O)CC1)c1cccnc1. The van der Waals surface area contributed by atoms with Gasteiger partial charge in [0.2, 0.25) is 0 Å². The molecule has 0 unspecified atom stereocenters. The van der Waals surface area contributed by atoms with Gasteiger partial charge in [0.05, 0.1) is 5.56 Å². The number of phenolic OH excluding ortho intramolecular Hbond substituents is 1. The van der Waals surface area contributed by atoms with E-state index in [0.29, 0.717) is 23.9 Å². The number of phenols is 1. The Morgan fingerprint density at radius 2 is 1.83 bits per heavy atom. The highest BCUT2D eigenvalue weighted by atomic mass is 16.3. The van der Waals surface area contributed by atoms with E-state index >= 15 is 0 Å². The molecule has 0 spiro atoms. The zero-order valence-corrected chi connectivity index (χ0v) is 13.6. The highest BCUT2D eigenvalue weighted by Gasteiger charge is 2.22. The van der Waals surface area contributed by atoms with Crippen LogP contribution in [0.1, 0.15) is 41.6 Å². The summed E-state index contributed by atoms with van der Waals surface area (Å²) in [5.41, 5.74) is 1.53. The van der Waals surface area contributed by atoms with Crippen LogP contribution >= 0.6 is 0 Å². The maximum absolute atomic E-state index is 12.1. The molecular weight excluding hydrogens is 302 g/mol. The molecule has 1 aromatic carbocycles. The summed E-state index contributed by atoms with van der Waals surface area (Å²) >= 11 is 0. The number of nitrogens with zero attached hydrogens (tertiary/aromatic N) is 1. The Kier molecular flexibility index (Phi) is 5.43. The van der Waals surface area contributed by atoms with Crippen LogP contribution < -0.4 is 10.6 Å². The first-order chi connectivity index (χ1) is 11.7. The maximum atomic E-state index is 12.1. The number of carbonyl (C=O) groups is 1. The highest BCUT2D eigenvalue weighted by molar-refractivity contribution is 5.93. The second-order valence-corrected chi connectivity index (χ2v) is 6.27. The number of rotatable bonds is 5. The first kappa shape index (κ1) is 16.5. The number of amides is 1. The molecule has 5 heteroatoms. The van der Waals surface area contributed by atoms with Crippen LogP contribution in [-0.4, -0.2) is 28.1 Å². The molecule has 1 aromatic heterocycles. The van der Waals surface area contributed by atoms with Crippen LogP contribution in [0.15, 0.2) is 48.8 Å². The Bertz CT molecular complexity index is 667. The highest BCUT2D eigenvalue weighted by Crippen LogP contribution is 2.21. The van der Waals surface area contributed by atoms with Gasteiger partial charge >= 0.3 is 0 Å². The van der Waals surface area contributed by atoms with Crippen molar-refractivity contribution in [2.45, 2.75) is 44.3 Å². The van der Waals surface area contributed by atoms with E-state index in [1.807, 2.05) is 18.2 Å². The molecule has 0 radical (unpaired) electrons. The third kappa shape index (κ3) is 4.32. The maximum Gasteiger partial charge on any atom is 0.253 e. The van der Waals surface area contributed by atoms with E-state index in [1.165, 1.54) is 0 Å². The fraction of sp³-hybridized carbons (Fsp3) is 0.368. The molecule has 126 valence electrons. The van der Waals surface area contributed by atoms with E-state index in [9.17, 15) is 9.90 Å². The van der Waals surface area contributed by atoms with Gasteiger partial charge in [-0.25, -0.2) is 0 Å². The van der Waals surface area contributed by atoms with Gasteiger partial charge in [0.1, 0.15) is 5.75 Å². The summed E-state index contributed by atoms with van der Waals surface area (Å²) in [6.45, 7) is 0.671. The van der Waals surface area contributed by atoms with Gasteiger partial charge in [-0.05, 0) is 43.9 Å². The standard InChI is InChI=1S/C19H23N3O2/c23-18-6-2-1-4-14(18)13-21-16-7-9-17(10-8-16)22-19(24)15-5-3-11-20-12-15/h1-6,11-12,16-17,21,23H,7-10,13H2,(H,22,24). The zero-order valence-electron chi connectivity index (χ0n) is 13.6. The summed E-state index contributed by atoms with van der Waals surface area (Å²) in [7, 11) is 0. The Morgan fingerprint density at radius 1 is 1.08 bits per heavy atom. The van der Waals surface area contributed by atoms with Gasteiger partial charge in [0.15, 0.2) is 0 Å². The minimum Gasteiger partial charge on any atom is -0.508 e. The van der Waals surface area contributed by atoms with Crippen LogP contribution in [0, 0.1) is 0 Å². The van der Waals surface area contributed by atoms with E-state index in [4.69, 9.17) is 0 Å². The summed E-state index contributed by atoms with van der Waals surface area (Å²) < 4.78 is 0. The summed E-state index contributed by atoms with van der Waals surface area (Å²) in [6.07, 6.45) is 7.22. The molecular formula is C19H23N3O2. The lowest BCUT2D eigenvalue weighted by Crippen LogP contribution is -2.42. The second kappa shape index (κ2) is 7.93. The molecule has 3 N–H and O–H groups in total. The van der Waals surface area contributed by atoms with Crippen LogP contribution in [0.3, 0.4) is 0 Å². The summed E-state index contributed by atoms with van der Waals surface area (Å²) in [5, 5.41) is 16.4. The van der Waals surface area contributed by atoms with E-state index in [-0.39, 0.29) is 11.9 Å². The lowest BCUT2D eigenvalue weighted by atomic mass is 9.91. The van der Waals surface area contributed by atoms with Crippen molar-refractivity contribution < 1.29 is 9.90 Å². The number of pyridine rings is 1. The Hall–Kier alpha value is -2.40. The van der Waals surface area contributed by atoms with E-state index in [0.717, 1.165) is 31.2 Å². The van der Waals surface area contributed by atoms with Crippen molar-refractivity contribution in [2.24, 2.45) is 0 Å². The largest absolute Gasteiger partial charge is 0.508 e. The first-order valence-electron chi connectivity index (χ1n) is 8.43. The van der Waals surface area contributed by atoms with Crippen LogP contribution in [0.5, 0.6) is 5.75 Å². The van der Waals surface area contributed by atoms with Crippen molar-refractivity contribution in [2.75, 3.05) is 0 Å². The number of aromatic hydroxyl groups is 1. The molecule has 1 aliphatic carbocycles. The number of hydrogen-bond donors (Lipinski definition) is 3. The lowest BCUT2D eigenvalue weighted by molar-refractivity contribution is 0.0924. The molecule has 24 heavy (non-hydrogen) atoms. The second-order valence-electron chi connectivity index (χ2n) is 6.27. The van der Waals surface area contributed by atoms with Gasteiger partial charge in [-0.1, -0.05) is 18.2 Å². The van der Waals surface area contributed by atoms with Crippen LogP contribution in [-0.2, 0) is 6.54 Å². The van der Waals surface area contributed by atoms with Crippen molar-refractivity contribution >= 4 is 5.91 Å². The van der Waals surface area contributed by atoms with Crippen LogP contribution in [0.4, 0.5) is 0 Å². The van der Waals surface area contributed by atoms with Crippen molar-refractivity contribution in [3.63, 3.8) is 0 Å². The lowest BCUT2D eigenvalue weighted by Gasteiger charge is -2.30. The fourth-order valence-corrected chi connectivity index (χ4v) is 3.12. The van der Waals surface area contributed by atoms with Crippen molar-refractivity contribution in [3.8, 4) is 5.75 Å². The average molecular weight is 325 g/mol. The predicted molar refractivity (Wildman–Crippen MR) is 92.7 cm³/mol. The monoisotopic (exact) mass is 325 g/mol. The zero-order chi connectivity index (χ0) is 16.8. The molecule has 2 aromatic rings. The molecule has 0 atom stereocenters. The first-order valence-corrected chi connectivity index (χ1v) is 8.43. The third-order valence-electron chi connectivity index (χ3n) is 4.56. The Morgan fingerprint density at radius 3 is 2.54 bits per heavy atom. The number of benzene rings is 1. The molecule has 0 bridgehead atoms. The molecule has 1 saturated carbocycles. The molecule has 1 fully saturated rings. The summed E-state index contributed by atoms with van der Waals surface area (Å²) in [4.78, 5) is 16.1. The number of aromatic nitrogens is 1. The fourth-order valence-electron chi connectivity index (χ4n) is 3.12. The normalized spacial score (nSPS) is 20.5. The summed E-state index contributed by atoms with van der Waals surface area (Å²) in [6, 6.07) is 11.6. The van der Waals surface area contributed by atoms with Gasteiger partial charge in [-0.3, -0.25) is 9.78 Å². The molecule has 1 heterocycles. The van der Waals surface area contributed by atoms with Gasteiger partial charge in [-0.2, -0.15) is 0 Å². The third-order valence-corrected chi connectivity index (χ3v) is 4.56. The number of nitrogens with one attached hydrogen (secondary N) is 2.